The number of carbonyl (C=O) groups is 2. The van der Waals surface area contributed by atoms with E-state index >= 15 is 0 Å². The maximum Gasteiger partial charge on any atom is 0.342 e. The van der Waals surface area contributed by atoms with Crippen LogP contribution in [0.15, 0.2) is 12.1 Å². The third-order valence-electron chi connectivity index (χ3n) is 1.98. The van der Waals surface area contributed by atoms with Crippen LogP contribution in [0.3, 0.4) is 0 Å². The zero-order valence-corrected chi connectivity index (χ0v) is 9.25. The van der Waals surface area contributed by atoms with Gasteiger partial charge in [0.1, 0.15) is 5.56 Å². The molecule has 4 nitrogen and oxygen atoms in total. The van der Waals surface area contributed by atoms with Gasteiger partial charge in [-0.25, -0.2) is 18.4 Å². The molecule has 6 heteroatoms. The fourth-order valence-electron chi connectivity index (χ4n) is 1.23. The molecule has 0 amide bonds. The summed E-state index contributed by atoms with van der Waals surface area (Å²) < 4.78 is 35.4. The Morgan fingerprint density at radius 1 is 1.24 bits per heavy atom. The first kappa shape index (κ1) is 13.1. The average molecular weight is 244 g/mol. The highest BCUT2D eigenvalue weighted by Gasteiger charge is 2.25. The molecule has 1 rings (SSSR count). The highest BCUT2D eigenvalue weighted by atomic mass is 19.2. The fraction of sp³-hybridized carbons (Fsp3) is 0.273. The lowest BCUT2D eigenvalue weighted by molar-refractivity contribution is 0.0497. The summed E-state index contributed by atoms with van der Waals surface area (Å²) in [5, 5.41) is 0. The van der Waals surface area contributed by atoms with Crippen molar-refractivity contribution in [1.29, 1.82) is 0 Å². The molecule has 0 radical (unpaired) electrons. The number of hydrogen-bond acceptors (Lipinski definition) is 4. The van der Waals surface area contributed by atoms with Gasteiger partial charge in [0, 0.05) is 0 Å². The first-order chi connectivity index (χ1) is 8.02. The Hall–Kier alpha value is -1.98. The molecule has 0 N–H and O–H groups in total. The summed E-state index contributed by atoms with van der Waals surface area (Å²) >= 11 is 0. The summed E-state index contributed by atoms with van der Waals surface area (Å²) in [4.78, 5) is 22.7. The molecular formula is C11H10F2O4. The highest BCUT2D eigenvalue weighted by molar-refractivity contribution is 6.03. The van der Waals surface area contributed by atoms with Crippen LogP contribution in [0.5, 0.6) is 0 Å². The van der Waals surface area contributed by atoms with Crippen LogP contribution in [-0.4, -0.2) is 25.7 Å². The van der Waals surface area contributed by atoms with Crippen LogP contribution in [-0.2, 0) is 9.47 Å². The van der Waals surface area contributed by atoms with Gasteiger partial charge in [-0.1, -0.05) is 0 Å². The Bertz CT molecular complexity index is 457. The van der Waals surface area contributed by atoms with Crippen molar-refractivity contribution in [2.24, 2.45) is 0 Å². The van der Waals surface area contributed by atoms with E-state index in [9.17, 15) is 18.4 Å². The standard InChI is InChI=1S/C11H10F2O4/c1-3-17-11(15)8-6(10(14)16-2)4-5-7(12)9(8)13/h4-5H,3H2,1-2H3. The maximum atomic E-state index is 13.4. The molecule has 0 aliphatic rings. The molecule has 0 heterocycles. The van der Waals surface area contributed by atoms with Crippen LogP contribution in [0.1, 0.15) is 27.6 Å². The Balaban J connectivity index is 3.36. The molecule has 0 spiro atoms. The summed E-state index contributed by atoms with van der Waals surface area (Å²) in [6, 6.07) is 1.71. The van der Waals surface area contributed by atoms with Gasteiger partial charge in [0.15, 0.2) is 11.6 Å². The van der Waals surface area contributed by atoms with Crippen LogP contribution in [0, 0.1) is 11.6 Å². The Kier molecular flexibility index (Phi) is 4.14. The van der Waals surface area contributed by atoms with Gasteiger partial charge in [0.25, 0.3) is 0 Å². The van der Waals surface area contributed by atoms with Crippen molar-refractivity contribution in [2.75, 3.05) is 13.7 Å². The Labute approximate surface area is 96.1 Å². The first-order valence-corrected chi connectivity index (χ1v) is 4.76. The molecule has 1 aromatic rings. The number of hydrogen-bond donors (Lipinski definition) is 0. The van der Waals surface area contributed by atoms with Crippen LogP contribution in [0.4, 0.5) is 8.78 Å². The van der Waals surface area contributed by atoms with E-state index in [1.165, 1.54) is 6.92 Å². The lowest BCUT2D eigenvalue weighted by atomic mass is 10.1. The molecule has 0 atom stereocenters. The lowest BCUT2D eigenvalue weighted by Gasteiger charge is -2.08. The number of halogens is 2. The summed E-state index contributed by atoms with van der Waals surface area (Å²) in [6.07, 6.45) is 0. The number of esters is 2. The monoisotopic (exact) mass is 244 g/mol. The molecule has 1 aromatic carbocycles. The quantitative estimate of drug-likeness (QED) is 0.762. The van der Waals surface area contributed by atoms with Crippen LogP contribution in [0.25, 0.3) is 0 Å². The van der Waals surface area contributed by atoms with Crippen molar-refractivity contribution in [3.8, 4) is 0 Å². The zero-order chi connectivity index (χ0) is 13.0. The van der Waals surface area contributed by atoms with E-state index in [1.54, 1.807) is 0 Å². The van der Waals surface area contributed by atoms with Crippen LogP contribution in [0.2, 0.25) is 0 Å². The minimum Gasteiger partial charge on any atom is -0.465 e. The van der Waals surface area contributed by atoms with Gasteiger partial charge in [0.2, 0.25) is 0 Å². The molecule has 0 saturated heterocycles. The zero-order valence-electron chi connectivity index (χ0n) is 9.25. The third-order valence-corrected chi connectivity index (χ3v) is 1.98. The van der Waals surface area contributed by atoms with Crippen molar-refractivity contribution in [1.82, 2.24) is 0 Å². The second kappa shape index (κ2) is 5.38. The Morgan fingerprint density at radius 2 is 1.88 bits per heavy atom. The summed E-state index contributed by atoms with van der Waals surface area (Å²) in [5.41, 5.74) is -1.12. The summed E-state index contributed by atoms with van der Waals surface area (Å²) in [6.45, 7) is 1.49. The summed E-state index contributed by atoms with van der Waals surface area (Å²) in [5.74, 6) is -4.70. The molecule has 0 fully saturated rings. The first-order valence-electron chi connectivity index (χ1n) is 4.76. The molecular weight excluding hydrogens is 234 g/mol. The minimum atomic E-state index is -1.42. The average Bonchev–Trinajstić information content (AvgIpc) is 2.31. The second-order valence-corrected chi connectivity index (χ2v) is 3.00. The largest absolute Gasteiger partial charge is 0.465 e. The SMILES string of the molecule is CCOC(=O)c1c(C(=O)OC)ccc(F)c1F. The fourth-order valence-corrected chi connectivity index (χ4v) is 1.23. The number of methoxy groups -OCH3 is 1. The topological polar surface area (TPSA) is 52.6 Å². The van der Waals surface area contributed by atoms with Gasteiger partial charge in [0.05, 0.1) is 19.3 Å². The van der Waals surface area contributed by atoms with E-state index in [4.69, 9.17) is 0 Å². The molecule has 92 valence electrons. The third kappa shape index (κ3) is 2.58. The van der Waals surface area contributed by atoms with Gasteiger partial charge >= 0.3 is 11.9 Å². The molecule has 0 aliphatic carbocycles. The number of carbonyl (C=O) groups excluding carboxylic acids is 2. The molecule has 0 aromatic heterocycles. The number of rotatable bonds is 3. The lowest BCUT2D eigenvalue weighted by Crippen LogP contribution is -2.16. The summed E-state index contributed by atoms with van der Waals surface area (Å²) in [7, 11) is 1.07. The number of ether oxygens (including phenoxy) is 2. The van der Waals surface area contributed by atoms with Crippen LogP contribution >= 0.6 is 0 Å². The van der Waals surface area contributed by atoms with E-state index in [0.717, 1.165) is 19.2 Å². The smallest absolute Gasteiger partial charge is 0.342 e. The molecule has 0 unspecified atom stereocenters. The van der Waals surface area contributed by atoms with Crippen molar-refractivity contribution < 1.29 is 27.8 Å². The molecule has 0 aliphatic heterocycles. The maximum absolute atomic E-state index is 13.4. The van der Waals surface area contributed by atoms with Crippen molar-refractivity contribution in [3.05, 3.63) is 34.9 Å². The van der Waals surface area contributed by atoms with Crippen molar-refractivity contribution >= 4 is 11.9 Å². The second-order valence-electron chi connectivity index (χ2n) is 3.00. The van der Waals surface area contributed by atoms with Crippen molar-refractivity contribution in [2.45, 2.75) is 6.92 Å². The van der Waals surface area contributed by atoms with Gasteiger partial charge in [-0.15, -0.1) is 0 Å². The highest BCUT2D eigenvalue weighted by Crippen LogP contribution is 2.19. The molecule has 0 bridgehead atoms. The van der Waals surface area contributed by atoms with Crippen molar-refractivity contribution in [3.63, 3.8) is 0 Å². The number of benzene rings is 1. The van der Waals surface area contributed by atoms with E-state index in [1.807, 2.05) is 0 Å². The molecule has 0 saturated carbocycles. The van der Waals surface area contributed by atoms with Gasteiger partial charge in [-0.2, -0.15) is 0 Å². The predicted molar refractivity (Wildman–Crippen MR) is 53.7 cm³/mol. The van der Waals surface area contributed by atoms with E-state index in [0.29, 0.717) is 0 Å². The van der Waals surface area contributed by atoms with E-state index in [2.05, 4.69) is 9.47 Å². The Morgan fingerprint density at radius 3 is 2.41 bits per heavy atom. The van der Waals surface area contributed by atoms with Gasteiger partial charge in [-0.05, 0) is 19.1 Å². The van der Waals surface area contributed by atoms with E-state index in [-0.39, 0.29) is 12.2 Å². The normalized spacial score (nSPS) is 9.88. The van der Waals surface area contributed by atoms with Gasteiger partial charge < -0.3 is 9.47 Å². The predicted octanol–water partition coefficient (Wildman–Crippen LogP) is 1.93. The minimum absolute atomic E-state index is 0.0185. The van der Waals surface area contributed by atoms with Crippen LogP contribution < -0.4 is 0 Å². The van der Waals surface area contributed by atoms with Gasteiger partial charge in [-0.3, -0.25) is 0 Å². The molecule has 17 heavy (non-hydrogen) atoms. The van der Waals surface area contributed by atoms with E-state index < -0.39 is 29.1 Å².